The number of Topliss-reactive ketones (excluding diaryl/α,β-unsaturated/α-hetero) is 1. The van der Waals surface area contributed by atoms with Crippen LogP contribution in [0.3, 0.4) is 0 Å². The van der Waals surface area contributed by atoms with Crippen LogP contribution in [0.1, 0.15) is 106 Å². The van der Waals surface area contributed by atoms with Crippen molar-refractivity contribution in [1.82, 2.24) is 0 Å². The summed E-state index contributed by atoms with van der Waals surface area (Å²) in [6, 6.07) is 0. The number of allylic oxidation sites excluding steroid dienone is 8. The summed E-state index contributed by atoms with van der Waals surface area (Å²) in [7, 11) is 4.05. The van der Waals surface area contributed by atoms with Gasteiger partial charge < -0.3 is 0 Å². The molecule has 0 aromatic heterocycles. The molecule has 0 saturated carbocycles. The first-order valence-corrected chi connectivity index (χ1v) is 14.6. The van der Waals surface area contributed by atoms with Gasteiger partial charge in [0.05, 0.1) is 0 Å². The standard InChI is InChI=1S/C13H18O.C11H20OS2.C4H10/c1-5-7-11(2)8-6-9-12(3)10-13(4)14;1-2-5-10(12)6-3-4-7-11-8-9-13-14-11;1-3-4-2/h5-10H,1-4H3;11H,2-9H2,1H3;3-4H2,1-2H3/b7-5+,9-6+,11-8+,12-10+;;/t;11-;/m.1./s1. The van der Waals surface area contributed by atoms with Gasteiger partial charge in [-0.15, -0.1) is 0 Å². The molecule has 2 nitrogen and oxygen atoms in total. The molecule has 1 atom stereocenters. The first-order valence-electron chi connectivity index (χ1n) is 12.3. The normalized spacial score (nSPS) is 16.5. The van der Waals surface area contributed by atoms with E-state index in [0.717, 1.165) is 36.5 Å². The van der Waals surface area contributed by atoms with Gasteiger partial charge in [-0.05, 0) is 65.0 Å². The highest BCUT2D eigenvalue weighted by Crippen LogP contribution is 2.39. The topological polar surface area (TPSA) is 34.1 Å². The summed E-state index contributed by atoms with van der Waals surface area (Å²) in [5, 5.41) is 0.876. The van der Waals surface area contributed by atoms with Gasteiger partial charge in [-0.1, -0.05) is 97.6 Å². The summed E-state index contributed by atoms with van der Waals surface area (Å²) in [5.74, 6) is 1.87. The average Bonchev–Trinajstić information content (AvgIpc) is 3.25. The summed E-state index contributed by atoms with van der Waals surface area (Å²) in [6.07, 6.45) is 21.8. The van der Waals surface area contributed by atoms with Gasteiger partial charge in [0, 0.05) is 23.8 Å². The Morgan fingerprint density at radius 2 is 1.59 bits per heavy atom. The molecule has 1 aliphatic rings. The highest BCUT2D eigenvalue weighted by molar-refractivity contribution is 8.77. The summed E-state index contributed by atoms with van der Waals surface area (Å²) in [6.45, 7) is 13.9. The van der Waals surface area contributed by atoms with Crippen molar-refractivity contribution in [3.8, 4) is 0 Å². The third-order valence-electron chi connectivity index (χ3n) is 4.57. The number of carbonyl (C=O) groups is 2. The zero-order chi connectivity index (χ0) is 24.6. The lowest BCUT2D eigenvalue weighted by molar-refractivity contribution is -0.119. The quantitative estimate of drug-likeness (QED) is 0.120. The maximum atomic E-state index is 11.2. The summed E-state index contributed by atoms with van der Waals surface area (Å²) in [5.41, 5.74) is 2.17. The van der Waals surface area contributed by atoms with E-state index in [2.05, 4.69) is 20.8 Å². The molecular weight excluding hydrogens is 432 g/mol. The fourth-order valence-electron chi connectivity index (χ4n) is 2.70. The Bertz CT molecular complexity index is 593. The van der Waals surface area contributed by atoms with Gasteiger partial charge in [0.15, 0.2) is 5.78 Å². The molecule has 0 aliphatic carbocycles. The molecule has 0 unspecified atom stereocenters. The number of ketones is 2. The van der Waals surface area contributed by atoms with E-state index in [1.165, 1.54) is 43.4 Å². The molecule has 0 aromatic carbocycles. The van der Waals surface area contributed by atoms with Crippen LogP contribution < -0.4 is 0 Å². The van der Waals surface area contributed by atoms with E-state index in [-0.39, 0.29) is 5.78 Å². The average molecular weight is 481 g/mol. The zero-order valence-electron chi connectivity index (χ0n) is 21.7. The summed E-state index contributed by atoms with van der Waals surface area (Å²) < 4.78 is 0. The van der Waals surface area contributed by atoms with Crippen molar-refractivity contribution >= 4 is 33.2 Å². The number of carbonyl (C=O) groups excluding carboxylic acids is 2. The maximum Gasteiger partial charge on any atom is 0.152 e. The Labute approximate surface area is 207 Å². The van der Waals surface area contributed by atoms with Crippen molar-refractivity contribution in [2.45, 2.75) is 112 Å². The van der Waals surface area contributed by atoms with Crippen LogP contribution in [0.2, 0.25) is 0 Å². The van der Waals surface area contributed by atoms with E-state index in [1.54, 1.807) is 13.0 Å². The Morgan fingerprint density at radius 3 is 2.09 bits per heavy atom. The van der Waals surface area contributed by atoms with Gasteiger partial charge in [-0.25, -0.2) is 0 Å². The van der Waals surface area contributed by atoms with Crippen molar-refractivity contribution in [2.75, 3.05) is 5.75 Å². The number of unbranched alkanes of at least 4 members (excludes halogenated alkanes) is 2. The molecule has 184 valence electrons. The molecule has 0 spiro atoms. The highest BCUT2D eigenvalue weighted by Gasteiger charge is 2.15. The molecule has 1 rings (SSSR count). The predicted molar refractivity (Wildman–Crippen MR) is 150 cm³/mol. The molecule has 1 aliphatic heterocycles. The summed E-state index contributed by atoms with van der Waals surface area (Å²) >= 11 is 0. The van der Waals surface area contributed by atoms with Crippen molar-refractivity contribution in [3.63, 3.8) is 0 Å². The minimum atomic E-state index is 0.0845. The highest BCUT2D eigenvalue weighted by atomic mass is 33.1. The predicted octanol–water partition coefficient (Wildman–Crippen LogP) is 9.48. The van der Waals surface area contributed by atoms with Gasteiger partial charge in [0.25, 0.3) is 0 Å². The van der Waals surface area contributed by atoms with Crippen LogP contribution in [0.5, 0.6) is 0 Å². The number of hydrogen-bond donors (Lipinski definition) is 0. The second-order valence-electron chi connectivity index (χ2n) is 8.13. The SMILES string of the molecule is C/C=C/C(C)=C/C=C/C(C)=C/C(C)=O.CCCC.CCCC(=O)CCCC[C@@H]1CCSS1. The fraction of sp³-hybridized carbons (Fsp3) is 0.643. The Kier molecular flexibility index (Phi) is 25.5. The fourth-order valence-corrected chi connectivity index (χ4v) is 5.73. The summed E-state index contributed by atoms with van der Waals surface area (Å²) in [4.78, 5) is 21.9. The molecule has 32 heavy (non-hydrogen) atoms. The van der Waals surface area contributed by atoms with Crippen LogP contribution in [-0.2, 0) is 9.59 Å². The Hall–Kier alpha value is -1.00. The van der Waals surface area contributed by atoms with E-state index in [9.17, 15) is 9.59 Å². The van der Waals surface area contributed by atoms with Gasteiger partial charge in [-0.3, -0.25) is 9.59 Å². The minimum Gasteiger partial charge on any atom is -0.300 e. The zero-order valence-corrected chi connectivity index (χ0v) is 23.4. The van der Waals surface area contributed by atoms with Crippen molar-refractivity contribution in [2.24, 2.45) is 0 Å². The second-order valence-corrected chi connectivity index (χ2v) is 10.9. The smallest absolute Gasteiger partial charge is 0.152 e. The lowest BCUT2D eigenvalue weighted by atomic mass is 10.1. The largest absolute Gasteiger partial charge is 0.300 e. The Balaban J connectivity index is 0. The molecule has 4 heteroatoms. The van der Waals surface area contributed by atoms with Gasteiger partial charge >= 0.3 is 0 Å². The van der Waals surface area contributed by atoms with E-state index in [4.69, 9.17) is 0 Å². The van der Waals surface area contributed by atoms with Crippen LogP contribution in [0.25, 0.3) is 0 Å². The van der Waals surface area contributed by atoms with Crippen molar-refractivity contribution in [3.05, 3.63) is 47.6 Å². The maximum absolute atomic E-state index is 11.2. The molecule has 0 radical (unpaired) electrons. The lowest BCUT2D eigenvalue weighted by Crippen LogP contribution is -2.00. The van der Waals surface area contributed by atoms with E-state index < -0.39 is 0 Å². The number of hydrogen-bond acceptors (Lipinski definition) is 4. The first-order chi connectivity index (χ1) is 15.3. The second kappa shape index (κ2) is 24.6. The molecular formula is C28H48O2S2. The molecule has 0 N–H and O–H groups in total. The molecule has 1 fully saturated rings. The first kappa shape index (κ1) is 33.2. The molecule has 1 saturated heterocycles. The minimum absolute atomic E-state index is 0.0845. The third kappa shape index (κ3) is 25.3. The van der Waals surface area contributed by atoms with Gasteiger partial charge in [0.1, 0.15) is 5.78 Å². The molecule has 1 heterocycles. The monoisotopic (exact) mass is 480 g/mol. The van der Waals surface area contributed by atoms with E-state index in [0.29, 0.717) is 5.78 Å². The van der Waals surface area contributed by atoms with Crippen LogP contribution >= 0.6 is 21.6 Å². The third-order valence-corrected chi connectivity index (χ3v) is 7.57. The Morgan fingerprint density at radius 1 is 0.906 bits per heavy atom. The van der Waals surface area contributed by atoms with Crippen LogP contribution in [-0.4, -0.2) is 22.6 Å². The molecule has 0 bridgehead atoms. The number of rotatable bonds is 12. The van der Waals surface area contributed by atoms with Crippen molar-refractivity contribution in [1.29, 1.82) is 0 Å². The molecule has 0 aromatic rings. The van der Waals surface area contributed by atoms with Crippen molar-refractivity contribution < 1.29 is 9.59 Å². The van der Waals surface area contributed by atoms with Gasteiger partial charge in [0.2, 0.25) is 0 Å². The van der Waals surface area contributed by atoms with E-state index >= 15 is 0 Å². The van der Waals surface area contributed by atoms with Crippen LogP contribution in [0, 0.1) is 0 Å². The van der Waals surface area contributed by atoms with Crippen LogP contribution in [0.15, 0.2) is 47.6 Å². The van der Waals surface area contributed by atoms with Gasteiger partial charge in [-0.2, -0.15) is 0 Å². The van der Waals surface area contributed by atoms with E-state index in [1.807, 2.05) is 72.7 Å². The lowest BCUT2D eigenvalue weighted by Gasteiger charge is -2.05. The molecule has 0 amide bonds. The van der Waals surface area contributed by atoms with Crippen LogP contribution in [0.4, 0.5) is 0 Å².